The van der Waals surface area contributed by atoms with E-state index in [2.05, 4.69) is 15.3 Å². The molecule has 0 radical (unpaired) electrons. The van der Waals surface area contributed by atoms with Crippen LogP contribution >= 0.6 is 22.7 Å². The molecule has 0 aliphatic rings. The van der Waals surface area contributed by atoms with Crippen LogP contribution in [0.2, 0.25) is 0 Å². The summed E-state index contributed by atoms with van der Waals surface area (Å²) in [5.41, 5.74) is 2.52. The maximum Gasteiger partial charge on any atom is 0.263 e. The van der Waals surface area contributed by atoms with Gasteiger partial charge in [0, 0.05) is 28.2 Å². The van der Waals surface area contributed by atoms with E-state index in [4.69, 9.17) is 0 Å². The van der Waals surface area contributed by atoms with Crippen molar-refractivity contribution in [3.63, 3.8) is 0 Å². The van der Waals surface area contributed by atoms with Gasteiger partial charge in [-0.2, -0.15) is 0 Å². The van der Waals surface area contributed by atoms with Gasteiger partial charge >= 0.3 is 0 Å². The van der Waals surface area contributed by atoms with Gasteiger partial charge in [-0.05, 0) is 34.7 Å². The summed E-state index contributed by atoms with van der Waals surface area (Å²) in [6.45, 7) is -0.115. The van der Waals surface area contributed by atoms with Crippen LogP contribution in [0.1, 0.15) is 17.2 Å². The molecule has 158 valence electrons. The Morgan fingerprint density at radius 3 is 2.53 bits per heavy atom. The molecule has 0 saturated carbocycles. The first-order chi connectivity index (χ1) is 15.7. The molecule has 5 aromatic rings. The third-order valence-electron chi connectivity index (χ3n) is 5.14. The van der Waals surface area contributed by atoms with Crippen LogP contribution in [-0.4, -0.2) is 20.4 Å². The monoisotopic (exact) mass is 458 g/mol. The molecule has 5 rings (SSSR count). The van der Waals surface area contributed by atoms with E-state index in [1.165, 1.54) is 22.2 Å². The standard InChI is InChI=1S/C24H18N4O2S2/c29-20(27-22(16-5-2-1-3-6-16)17-8-10-25-11-9-17)13-28-15-26-23-21(24(28)30)18(14-32-23)19-7-4-12-31-19/h1-12,14-15,22H,13H2,(H,27,29). The second-order valence-electron chi connectivity index (χ2n) is 7.18. The maximum atomic E-state index is 13.2. The van der Waals surface area contributed by atoms with Crippen LogP contribution in [0.3, 0.4) is 0 Å². The van der Waals surface area contributed by atoms with Gasteiger partial charge < -0.3 is 5.32 Å². The summed E-state index contributed by atoms with van der Waals surface area (Å²) >= 11 is 3.01. The Morgan fingerprint density at radius 2 is 1.78 bits per heavy atom. The lowest BCUT2D eigenvalue weighted by molar-refractivity contribution is -0.122. The number of hydrogen-bond acceptors (Lipinski definition) is 6. The summed E-state index contributed by atoms with van der Waals surface area (Å²) < 4.78 is 1.37. The number of rotatable bonds is 6. The fourth-order valence-electron chi connectivity index (χ4n) is 3.62. The van der Waals surface area contributed by atoms with Gasteiger partial charge in [-0.15, -0.1) is 22.7 Å². The molecule has 4 heterocycles. The highest BCUT2D eigenvalue weighted by Gasteiger charge is 2.19. The summed E-state index contributed by atoms with van der Waals surface area (Å²) in [5.74, 6) is -0.271. The van der Waals surface area contributed by atoms with E-state index in [1.54, 1.807) is 23.7 Å². The Kier molecular flexibility index (Phi) is 5.62. The number of amides is 1. The van der Waals surface area contributed by atoms with Crippen molar-refractivity contribution in [1.82, 2.24) is 19.9 Å². The average molecular weight is 459 g/mol. The Labute approximate surface area is 191 Å². The molecule has 8 heteroatoms. The first-order valence-corrected chi connectivity index (χ1v) is 11.7. The van der Waals surface area contributed by atoms with E-state index in [1.807, 2.05) is 65.4 Å². The molecule has 1 amide bonds. The molecule has 0 spiro atoms. The number of carbonyl (C=O) groups is 1. The van der Waals surface area contributed by atoms with Gasteiger partial charge in [0.05, 0.1) is 17.8 Å². The largest absolute Gasteiger partial charge is 0.344 e. The number of nitrogens with one attached hydrogen (secondary N) is 1. The quantitative estimate of drug-likeness (QED) is 0.407. The normalized spacial score (nSPS) is 12.0. The van der Waals surface area contributed by atoms with Gasteiger partial charge in [0.25, 0.3) is 5.56 Å². The second kappa shape index (κ2) is 8.86. The minimum atomic E-state index is -0.345. The highest BCUT2D eigenvalue weighted by Crippen LogP contribution is 2.33. The van der Waals surface area contributed by atoms with Crippen molar-refractivity contribution in [2.75, 3.05) is 0 Å². The Balaban J connectivity index is 1.45. The van der Waals surface area contributed by atoms with Crippen LogP contribution in [-0.2, 0) is 11.3 Å². The third kappa shape index (κ3) is 3.98. The van der Waals surface area contributed by atoms with Gasteiger partial charge in [0.15, 0.2) is 0 Å². The minimum Gasteiger partial charge on any atom is -0.344 e. The van der Waals surface area contributed by atoms with E-state index in [-0.39, 0.29) is 24.1 Å². The molecule has 0 saturated heterocycles. The fourth-order valence-corrected chi connectivity index (χ4v) is 5.34. The van der Waals surface area contributed by atoms with Gasteiger partial charge in [-0.25, -0.2) is 4.98 Å². The van der Waals surface area contributed by atoms with Gasteiger partial charge in [0.1, 0.15) is 11.4 Å². The summed E-state index contributed by atoms with van der Waals surface area (Å²) in [6.07, 6.45) is 4.84. The second-order valence-corrected chi connectivity index (χ2v) is 8.98. The number of fused-ring (bicyclic) bond motifs is 1. The predicted octanol–water partition coefficient (Wildman–Crippen LogP) is 4.49. The number of pyridine rings is 1. The lowest BCUT2D eigenvalue weighted by atomic mass is 10.00. The van der Waals surface area contributed by atoms with Crippen molar-refractivity contribution >= 4 is 38.8 Å². The Hall–Kier alpha value is -3.62. The van der Waals surface area contributed by atoms with Crippen molar-refractivity contribution in [2.45, 2.75) is 12.6 Å². The van der Waals surface area contributed by atoms with Crippen LogP contribution in [0, 0.1) is 0 Å². The molecule has 6 nitrogen and oxygen atoms in total. The fraction of sp³-hybridized carbons (Fsp3) is 0.0833. The van der Waals surface area contributed by atoms with E-state index < -0.39 is 0 Å². The summed E-state index contributed by atoms with van der Waals surface area (Å²) in [6, 6.07) is 17.1. The number of benzene rings is 1. The molecular weight excluding hydrogens is 440 g/mol. The molecule has 0 fully saturated rings. The van der Waals surface area contributed by atoms with Crippen LogP contribution < -0.4 is 10.9 Å². The first kappa shape index (κ1) is 20.3. The van der Waals surface area contributed by atoms with Crippen molar-refractivity contribution in [3.05, 3.63) is 106 Å². The van der Waals surface area contributed by atoms with E-state index in [0.29, 0.717) is 10.2 Å². The molecule has 1 unspecified atom stereocenters. The van der Waals surface area contributed by atoms with Crippen molar-refractivity contribution in [1.29, 1.82) is 0 Å². The molecule has 4 aromatic heterocycles. The number of hydrogen-bond donors (Lipinski definition) is 1. The lowest BCUT2D eigenvalue weighted by Crippen LogP contribution is -2.35. The number of carbonyl (C=O) groups excluding carboxylic acids is 1. The zero-order valence-electron chi connectivity index (χ0n) is 16.8. The van der Waals surface area contributed by atoms with Crippen molar-refractivity contribution < 1.29 is 4.79 Å². The van der Waals surface area contributed by atoms with Crippen molar-refractivity contribution in [2.24, 2.45) is 0 Å². The average Bonchev–Trinajstić information content (AvgIpc) is 3.51. The van der Waals surface area contributed by atoms with Gasteiger partial charge in [0.2, 0.25) is 5.91 Å². The zero-order valence-corrected chi connectivity index (χ0v) is 18.5. The Bertz CT molecular complexity index is 1370. The molecule has 1 atom stereocenters. The SMILES string of the molecule is O=C(Cn1cnc2scc(-c3cccs3)c2c1=O)NC(c1ccccc1)c1ccncc1. The summed E-state index contributed by atoms with van der Waals surface area (Å²) in [4.78, 5) is 36.4. The third-order valence-corrected chi connectivity index (χ3v) is 6.93. The topological polar surface area (TPSA) is 76.9 Å². The number of nitrogens with zero attached hydrogens (tertiary/aromatic N) is 3. The molecule has 32 heavy (non-hydrogen) atoms. The van der Waals surface area contributed by atoms with Gasteiger partial charge in [-0.1, -0.05) is 36.4 Å². The smallest absolute Gasteiger partial charge is 0.263 e. The molecule has 0 aliphatic carbocycles. The molecular formula is C24H18N4O2S2. The zero-order chi connectivity index (χ0) is 21.9. The Morgan fingerprint density at radius 1 is 1.00 bits per heavy atom. The van der Waals surface area contributed by atoms with Crippen molar-refractivity contribution in [3.8, 4) is 10.4 Å². The molecule has 1 aromatic carbocycles. The predicted molar refractivity (Wildman–Crippen MR) is 128 cm³/mol. The molecule has 0 aliphatic heterocycles. The molecule has 1 N–H and O–H groups in total. The number of aromatic nitrogens is 3. The highest BCUT2D eigenvalue weighted by molar-refractivity contribution is 7.18. The maximum absolute atomic E-state index is 13.2. The van der Waals surface area contributed by atoms with Gasteiger partial charge in [-0.3, -0.25) is 19.1 Å². The van der Waals surface area contributed by atoms with Crippen LogP contribution in [0.15, 0.2) is 88.9 Å². The summed E-state index contributed by atoms with van der Waals surface area (Å²) in [7, 11) is 0. The highest BCUT2D eigenvalue weighted by atomic mass is 32.1. The van der Waals surface area contributed by atoms with E-state index in [9.17, 15) is 9.59 Å². The van der Waals surface area contributed by atoms with Crippen LogP contribution in [0.25, 0.3) is 20.7 Å². The van der Waals surface area contributed by atoms with Crippen LogP contribution in [0.5, 0.6) is 0 Å². The van der Waals surface area contributed by atoms with E-state index >= 15 is 0 Å². The minimum absolute atomic E-state index is 0.115. The van der Waals surface area contributed by atoms with Crippen LogP contribution in [0.4, 0.5) is 0 Å². The summed E-state index contributed by atoms with van der Waals surface area (Å²) in [5, 5.41) is 7.54. The molecule has 0 bridgehead atoms. The van der Waals surface area contributed by atoms with E-state index in [0.717, 1.165) is 21.6 Å². The number of thiophene rings is 2. The lowest BCUT2D eigenvalue weighted by Gasteiger charge is -2.20. The first-order valence-electron chi connectivity index (χ1n) is 9.95.